The lowest BCUT2D eigenvalue weighted by molar-refractivity contribution is 0.0932. The molecular formula is C14H23N3O2. The zero-order valence-electron chi connectivity index (χ0n) is 11.5. The van der Waals surface area contributed by atoms with Crippen molar-refractivity contribution in [1.82, 2.24) is 9.88 Å². The van der Waals surface area contributed by atoms with E-state index >= 15 is 0 Å². The molecule has 3 N–H and O–H groups in total. The third kappa shape index (κ3) is 3.99. The van der Waals surface area contributed by atoms with E-state index < -0.39 is 0 Å². The third-order valence-electron chi connectivity index (χ3n) is 3.14. The summed E-state index contributed by atoms with van der Waals surface area (Å²) >= 11 is 0. The second kappa shape index (κ2) is 6.61. The first kappa shape index (κ1) is 13.9. The van der Waals surface area contributed by atoms with Gasteiger partial charge in [-0.05, 0) is 31.7 Å². The average Bonchev–Trinajstić information content (AvgIpc) is 3.16. The van der Waals surface area contributed by atoms with E-state index in [9.17, 15) is 4.79 Å². The number of nitrogen functional groups attached to an aromatic ring is 1. The number of carbonyl (C=O) groups excluding carboxylic acids is 1. The number of nitrogens with one attached hydrogen (secondary N) is 1. The first-order valence-electron chi connectivity index (χ1n) is 7.05. The Bertz CT molecular complexity index is 424. The van der Waals surface area contributed by atoms with Crippen LogP contribution in [-0.4, -0.2) is 30.2 Å². The van der Waals surface area contributed by atoms with Crippen molar-refractivity contribution in [3.05, 3.63) is 18.0 Å². The molecule has 0 aliphatic heterocycles. The van der Waals surface area contributed by atoms with Gasteiger partial charge < -0.3 is 20.4 Å². The summed E-state index contributed by atoms with van der Waals surface area (Å²) in [4.78, 5) is 12.1. The van der Waals surface area contributed by atoms with Crippen molar-refractivity contribution in [2.24, 2.45) is 0 Å². The van der Waals surface area contributed by atoms with Crippen LogP contribution in [-0.2, 0) is 4.74 Å². The Morgan fingerprint density at radius 2 is 2.32 bits per heavy atom. The molecule has 2 rings (SSSR count). The maximum Gasteiger partial charge on any atom is 0.267 e. The smallest absolute Gasteiger partial charge is 0.267 e. The zero-order valence-corrected chi connectivity index (χ0v) is 11.5. The standard InChI is InChI=1S/C14H23N3O2/c1-2-7-19-8-3-6-16-14(18)13-9-11(15)10-17(13)12-4-5-12/h9-10,12H,2-8,15H2,1H3,(H,16,18). The van der Waals surface area contributed by atoms with Crippen molar-refractivity contribution in [3.63, 3.8) is 0 Å². The highest BCUT2D eigenvalue weighted by Gasteiger charge is 2.27. The minimum absolute atomic E-state index is 0.0425. The van der Waals surface area contributed by atoms with Crippen LogP contribution in [0.25, 0.3) is 0 Å². The van der Waals surface area contributed by atoms with Crippen LogP contribution < -0.4 is 11.1 Å². The number of rotatable bonds is 8. The molecule has 1 saturated carbocycles. The van der Waals surface area contributed by atoms with Crippen molar-refractivity contribution in [2.75, 3.05) is 25.5 Å². The Hall–Kier alpha value is -1.49. The zero-order chi connectivity index (χ0) is 13.7. The van der Waals surface area contributed by atoms with E-state index in [1.54, 1.807) is 6.07 Å². The van der Waals surface area contributed by atoms with Gasteiger partial charge in [0.15, 0.2) is 0 Å². The lowest BCUT2D eigenvalue weighted by atomic mass is 10.3. The lowest BCUT2D eigenvalue weighted by Gasteiger charge is -2.08. The molecule has 0 radical (unpaired) electrons. The Morgan fingerprint density at radius 1 is 1.53 bits per heavy atom. The molecular weight excluding hydrogens is 242 g/mol. The van der Waals surface area contributed by atoms with Crippen LogP contribution in [0.1, 0.15) is 49.1 Å². The van der Waals surface area contributed by atoms with Crippen molar-refractivity contribution in [3.8, 4) is 0 Å². The summed E-state index contributed by atoms with van der Waals surface area (Å²) in [5.41, 5.74) is 7.10. The number of carbonyl (C=O) groups is 1. The summed E-state index contributed by atoms with van der Waals surface area (Å²) in [6.07, 6.45) is 6.00. The minimum atomic E-state index is -0.0425. The topological polar surface area (TPSA) is 69.3 Å². The van der Waals surface area contributed by atoms with Gasteiger partial charge in [0.1, 0.15) is 5.69 Å². The van der Waals surface area contributed by atoms with E-state index in [4.69, 9.17) is 10.5 Å². The van der Waals surface area contributed by atoms with Crippen molar-refractivity contribution in [2.45, 2.75) is 38.6 Å². The molecule has 1 aromatic heterocycles. The van der Waals surface area contributed by atoms with E-state index in [-0.39, 0.29) is 5.91 Å². The summed E-state index contributed by atoms with van der Waals surface area (Å²) in [6, 6.07) is 2.22. The average molecular weight is 265 g/mol. The molecule has 5 heteroatoms. The highest BCUT2D eigenvalue weighted by molar-refractivity contribution is 5.93. The first-order chi connectivity index (χ1) is 9.22. The SMILES string of the molecule is CCCOCCCNC(=O)c1cc(N)cn1C1CC1. The van der Waals surface area contributed by atoms with Crippen LogP contribution in [0.5, 0.6) is 0 Å². The van der Waals surface area contributed by atoms with Crippen molar-refractivity contribution >= 4 is 11.6 Å². The van der Waals surface area contributed by atoms with Crippen LogP contribution in [0.2, 0.25) is 0 Å². The molecule has 0 bridgehead atoms. The van der Waals surface area contributed by atoms with Crippen molar-refractivity contribution in [1.29, 1.82) is 0 Å². The molecule has 5 nitrogen and oxygen atoms in total. The van der Waals surface area contributed by atoms with Gasteiger partial charge in [-0.15, -0.1) is 0 Å². The summed E-state index contributed by atoms with van der Waals surface area (Å²) in [5, 5.41) is 2.92. The minimum Gasteiger partial charge on any atom is -0.397 e. The molecule has 1 fully saturated rings. The number of amides is 1. The van der Waals surface area contributed by atoms with Gasteiger partial charge in [0.05, 0.1) is 5.69 Å². The quantitative estimate of drug-likeness (QED) is 0.706. The van der Waals surface area contributed by atoms with Gasteiger partial charge in [0.2, 0.25) is 0 Å². The first-order valence-corrected chi connectivity index (χ1v) is 7.05. The maximum atomic E-state index is 12.1. The normalized spacial score (nSPS) is 14.6. The Labute approximate surface area is 114 Å². The second-order valence-corrected chi connectivity index (χ2v) is 5.02. The summed E-state index contributed by atoms with van der Waals surface area (Å²) < 4.78 is 7.37. The van der Waals surface area contributed by atoms with Crippen molar-refractivity contribution < 1.29 is 9.53 Å². The highest BCUT2D eigenvalue weighted by atomic mass is 16.5. The molecule has 1 aliphatic rings. The summed E-state index contributed by atoms with van der Waals surface area (Å²) in [5.74, 6) is -0.0425. The molecule has 0 atom stereocenters. The number of anilines is 1. The Balaban J connectivity index is 1.76. The van der Waals surface area contributed by atoms with E-state index in [1.807, 2.05) is 10.8 Å². The van der Waals surface area contributed by atoms with Crippen LogP contribution >= 0.6 is 0 Å². The van der Waals surface area contributed by atoms with Gasteiger partial charge in [-0.1, -0.05) is 6.92 Å². The molecule has 0 aromatic carbocycles. The maximum absolute atomic E-state index is 12.1. The van der Waals surface area contributed by atoms with Crippen LogP contribution in [0.4, 0.5) is 5.69 Å². The highest BCUT2D eigenvalue weighted by Crippen LogP contribution is 2.37. The van der Waals surface area contributed by atoms with E-state index in [0.717, 1.165) is 32.3 Å². The number of ether oxygens (including phenoxy) is 1. The summed E-state index contributed by atoms with van der Waals surface area (Å²) in [7, 11) is 0. The molecule has 0 saturated heterocycles. The number of hydrogen-bond acceptors (Lipinski definition) is 3. The fourth-order valence-electron chi connectivity index (χ4n) is 2.05. The molecule has 0 unspecified atom stereocenters. The van der Waals surface area contributed by atoms with Gasteiger partial charge in [0.25, 0.3) is 5.91 Å². The number of aromatic nitrogens is 1. The molecule has 1 aromatic rings. The van der Waals surface area contributed by atoms with E-state index in [0.29, 0.717) is 30.6 Å². The second-order valence-electron chi connectivity index (χ2n) is 5.02. The van der Waals surface area contributed by atoms with Crippen LogP contribution in [0.15, 0.2) is 12.3 Å². The Morgan fingerprint density at radius 3 is 3.00 bits per heavy atom. The lowest BCUT2D eigenvalue weighted by Crippen LogP contribution is -2.27. The molecule has 1 heterocycles. The van der Waals surface area contributed by atoms with E-state index in [2.05, 4.69) is 12.2 Å². The van der Waals surface area contributed by atoms with Crippen LogP contribution in [0.3, 0.4) is 0 Å². The largest absolute Gasteiger partial charge is 0.397 e. The third-order valence-corrected chi connectivity index (χ3v) is 3.14. The van der Waals surface area contributed by atoms with Gasteiger partial charge in [-0.2, -0.15) is 0 Å². The Kier molecular flexibility index (Phi) is 4.85. The monoisotopic (exact) mass is 265 g/mol. The number of hydrogen-bond donors (Lipinski definition) is 2. The van der Waals surface area contributed by atoms with Gasteiger partial charge in [-0.25, -0.2) is 0 Å². The van der Waals surface area contributed by atoms with Gasteiger partial charge in [0, 0.05) is 32.0 Å². The number of nitrogens with zero attached hydrogens (tertiary/aromatic N) is 1. The predicted molar refractivity (Wildman–Crippen MR) is 75.2 cm³/mol. The molecule has 1 amide bonds. The number of nitrogens with two attached hydrogens (primary N) is 1. The van der Waals surface area contributed by atoms with Gasteiger partial charge in [-0.3, -0.25) is 4.79 Å². The summed E-state index contributed by atoms with van der Waals surface area (Å²) in [6.45, 7) is 4.20. The molecule has 0 spiro atoms. The molecule has 106 valence electrons. The van der Waals surface area contributed by atoms with E-state index in [1.165, 1.54) is 0 Å². The predicted octanol–water partition coefficient (Wildman–Crippen LogP) is 1.95. The van der Waals surface area contributed by atoms with Crippen LogP contribution in [0, 0.1) is 0 Å². The van der Waals surface area contributed by atoms with Gasteiger partial charge >= 0.3 is 0 Å². The fraction of sp³-hybridized carbons (Fsp3) is 0.643. The molecule has 19 heavy (non-hydrogen) atoms. The fourth-order valence-corrected chi connectivity index (χ4v) is 2.05. The molecule has 1 aliphatic carbocycles.